The predicted octanol–water partition coefficient (Wildman–Crippen LogP) is 3.64. The number of nitrogens with zero attached hydrogens (tertiary/aromatic N) is 3. The fourth-order valence-electron chi connectivity index (χ4n) is 2.81. The summed E-state index contributed by atoms with van der Waals surface area (Å²) in [6.07, 6.45) is 3.78. The van der Waals surface area contributed by atoms with Gasteiger partial charge in [0.25, 0.3) is 0 Å². The average Bonchev–Trinajstić information content (AvgIpc) is 2.60. The molecule has 0 aliphatic carbocycles. The molecule has 0 aliphatic heterocycles. The molecule has 0 bridgehead atoms. The van der Waals surface area contributed by atoms with Crippen LogP contribution in [0.1, 0.15) is 12.5 Å². The van der Waals surface area contributed by atoms with E-state index in [-0.39, 0.29) is 0 Å². The number of hydrogen-bond donors (Lipinski definition) is 1. The number of rotatable bonds is 4. The Kier molecular flexibility index (Phi) is 4.57. The zero-order chi connectivity index (χ0) is 17.3. The molecule has 1 aromatic carbocycles. The number of aromatic nitrogens is 3. The molecular formula is C18H20N4OS. The summed E-state index contributed by atoms with van der Waals surface area (Å²) in [4.78, 5) is 8.95. The fraction of sp³-hybridized carbons (Fsp3) is 0.278. The quantitative estimate of drug-likeness (QED) is 0.582. The van der Waals surface area contributed by atoms with Crippen LogP contribution in [0.5, 0.6) is 5.75 Å². The van der Waals surface area contributed by atoms with E-state index in [1.165, 1.54) is 11.8 Å². The van der Waals surface area contributed by atoms with Crippen LogP contribution in [0.15, 0.2) is 35.6 Å². The average molecular weight is 340 g/mol. The van der Waals surface area contributed by atoms with E-state index in [2.05, 4.69) is 16.0 Å². The molecule has 3 aromatic rings. The summed E-state index contributed by atoms with van der Waals surface area (Å²) < 4.78 is 7.29. The molecule has 124 valence electrons. The number of fused-ring (bicyclic) bond motifs is 1. The van der Waals surface area contributed by atoms with Crippen LogP contribution in [0.2, 0.25) is 0 Å². The molecule has 24 heavy (non-hydrogen) atoms. The molecule has 0 saturated heterocycles. The maximum Gasteiger partial charge on any atom is 0.189 e. The summed E-state index contributed by atoms with van der Waals surface area (Å²) in [5.74, 6) is 0.793. The SMILES string of the molecule is CCn1c(=N)c(-c2cc(C)cc(OC)c2)cc2cnc(SC)nc21. The molecule has 0 spiro atoms. The molecule has 0 atom stereocenters. The van der Waals surface area contributed by atoms with Crippen molar-refractivity contribution in [3.05, 3.63) is 41.5 Å². The first kappa shape index (κ1) is 16.5. The molecular weight excluding hydrogens is 320 g/mol. The number of hydrogen-bond acceptors (Lipinski definition) is 5. The van der Waals surface area contributed by atoms with Gasteiger partial charge in [0.15, 0.2) is 5.16 Å². The normalized spacial score (nSPS) is 11.0. The molecule has 3 rings (SSSR count). The summed E-state index contributed by atoms with van der Waals surface area (Å²) in [6.45, 7) is 4.73. The van der Waals surface area contributed by atoms with Crippen LogP contribution in [-0.2, 0) is 6.54 Å². The Labute approximate surface area is 145 Å². The monoisotopic (exact) mass is 340 g/mol. The van der Waals surface area contributed by atoms with Crippen LogP contribution in [0.25, 0.3) is 22.2 Å². The van der Waals surface area contributed by atoms with Crippen molar-refractivity contribution in [3.8, 4) is 16.9 Å². The van der Waals surface area contributed by atoms with Gasteiger partial charge in [-0.1, -0.05) is 17.8 Å². The van der Waals surface area contributed by atoms with E-state index in [0.29, 0.717) is 17.2 Å². The van der Waals surface area contributed by atoms with Gasteiger partial charge in [-0.15, -0.1) is 0 Å². The number of aryl methyl sites for hydroxylation is 2. The van der Waals surface area contributed by atoms with E-state index < -0.39 is 0 Å². The second kappa shape index (κ2) is 6.65. The van der Waals surface area contributed by atoms with E-state index >= 15 is 0 Å². The van der Waals surface area contributed by atoms with E-state index in [9.17, 15) is 0 Å². The number of pyridine rings is 1. The Balaban J connectivity index is 2.32. The molecule has 0 unspecified atom stereocenters. The molecule has 0 fully saturated rings. The Hall–Kier alpha value is -2.34. The van der Waals surface area contributed by atoms with Crippen molar-refractivity contribution in [2.75, 3.05) is 13.4 Å². The Bertz CT molecular complexity index is 965. The highest BCUT2D eigenvalue weighted by Crippen LogP contribution is 2.26. The topological polar surface area (TPSA) is 63.8 Å². The molecule has 1 N–H and O–H groups in total. The van der Waals surface area contributed by atoms with E-state index in [1.54, 1.807) is 7.11 Å². The highest BCUT2D eigenvalue weighted by atomic mass is 32.2. The van der Waals surface area contributed by atoms with E-state index in [4.69, 9.17) is 10.1 Å². The molecule has 2 aromatic heterocycles. The van der Waals surface area contributed by atoms with Gasteiger partial charge >= 0.3 is 0 Å². The number of methoxy groups -OCH3 is 1. The van der Waals surface area contributed by atoms with Gasteiger partial charge in [0, 0.05) is 23.7 Å². The summed E-state index contributed by atoms with van der Waals surface area (Å²) in [6, 6.07) is 8.00. The summed E-state index contributed by atoms with van der Waals surface area (Å²) >= 11 is 1.50. The minimum absolute atomic E-state index is 0.448. The number of benzene rings is 1. The van der Waals surface area contributed by atoms with Gasteiger partial charge in [-0.2, -0.15) is 0 Å². The largest absolute Gasteiger partial charge is 0.497 e. The lowest BCUT2D eigenvalue weighted by atomic mass is 10.0. The molecule has 0 radical (unpaired) electrons. The maximum atomic E-state index is 8.65. The van der Waals surface area contributed by atoms with Crippen LogP contribution in [-0.4, -0.2) is 27.9 Å². The number of nitrogens with one attached hydrogen (secondary N) is 1. The Morgan fingerprint density at radius 3 is 2.71 bits per heavy atom. The predicted molar refractivity (Wildman–Crippen MR) is 97.6 cm³/mol. The van der Waals surface area contributed by atoms with Crippen molar-refractivity contribution in [1.82, 2.24) is 14.5 Å². The van der Waals surface area contributed by atoms with Gasteiger partial charge < -0.3 is 9.30 Å². The first-order chi connectivity index (χ1) is 11.6. The van der Waals surface area contributed by atoms with E-state index in [0.717, 1.165) is 33.5 Å². The van der Waals surface area contributed by atoms with Crippen molar-refractivity contribution in [1.29, 1.82) is 5.41 Å². The van der Waals surface area contributed by atoms with E-state index in [1.807, 2.05) is 49.1 Å². The molecule has 2 heterocycles. The van der Waals surface area contributed by atoms with Crippen molar-refractivity contribution in [3.63, 3.8) is 0 Å². The molecule has 0 aliphatic rings. The smallest absolute Gasteiger partial charge is 0.189 e. The second-order valence-electron chi connectivity index (χ2n) is 5.53. The Morgan fingerprint density at radius 1 is 1.25 bits per heavy atom. The Morgan fingerprint density at radius 2 is 2.04 bits per heavy atom. The maximum absolute atomic E-state index is 8.65. The van der Waals surface area contributed by atoms with Crippen LogP contribution in [0.3, 0.4) is 0 Å². The van der Waals surface area contributed by atoms with Gasteiger partial charge in [0.2, 0.25) is 0 Å². The van der Waals surface area contributed by atoms with Gasteiger partial charge in [0.1, 0.15) is 16.9 Å². The van der Waals surface area contributed by atoms with Gasteiger partial charge in [-0.25, -0.2) is 9.97 Å². The molecule has 0 amide bonds. The lowest BCUT2D eigenvalue weighted by molar-refractivity contribution is 0.414. The van der Waals surface area contributed by atoms with Crippen LogP contribution < -0.4 is 10.2 Å². The minimum Gasteiger partial charge on any atom is -0.497 e. The van der Waals surface area contributed by atoms with Gasteiger partial charge in [0.05, 0.1) is 7.11 Å². The van der Waals surface area contributed by atoms with Crippen molar-refractivity contribution in [2.45, 2.75) is 25.5 Å². The fourth-order valence-corrected chi connectivity index (χ4v) is 3.14. The van der Waals surface area contributed by atoms with Gasteiger partial charge in [-0.05, 0) is 49.4 Å². The summed E-state index contributed by atoms with van der Waals surface area (Å²) in [5.41, 5.74) is 4.16. The molecule has 0 saturated carbocycles. The first-order valence-corrected chi connectivity index (χ1v) is 8.95. The minimum atomic E-state index is 0.448. The lowest BCUT2D eigenvalue weighted by Gasteiger charge is -2.14. The van der Waals surface area contributed by atoms with Crippen molar-refractivity contribution < 1.29 is 4.74 Å². The van der Waals surface area contributed by atoms with Crippen LogP contribution >= 0.6 is 11.8 Å². The lowest BCUT2D eigenvalue weighted by Crippen LogP contribution is -2.22. The third kappa shape index (κ3) is 2.89. The number of ether oxygens (including phenoxy) is 1. The zero-order valence-corrected chi connectivity index (χ0v) is 15.1. The first-order valence-electron chi connectivity index (χ1n) is 7.72. The molecule has 5 nitrogen and oxygen atoms in total. The standard InChI is InChI=1S/C18H20N4OS/c1-5-22-16(19)15(12-6-11(2)7-14(8-12)23-3)9-13-10-20-18(24-4)21-17(13)22/h6-10,19H,5H2,1-4H3. The summed E-state index contributed by atoms with van der Waals surface area (Å²) in [7, 11) is 1.66. The highest BCUT2D eigenvalue weighted by Gasteiger charge is 2.11. The second-order valence-corrected chi connectivity index (χ2v) is 6.30. The van der Waals surface area contributed by atoms with Gasteiger partial charge in [-0.3, -0.25) is 5.41 Å². The zero-order valence-electron chi connectivity index (χ0n) is 14.3. The number of thioether (sulfide) groups is 1. The summed E-state index contributed by atoms with van der Waals surface area (Å²) in [5, 5.41) is 10.3. The van der Waals surface area contributed by atoms with Crippen LogP contribution in [0.4, 0.5) is 0 Å². The van der Waals surface area contributed by atoms with Crippen LogP contribution in [0, 0.1) is 12.3 Å². The van der Waals surface area contributed by atoms with Crippen molar-refractivity contribution in [2.24, 2.45) is 0 Å². The third-order valence-corrected chi connectivity index (χ3v) is 4.51. The third-order valence-electron chi connectivity index (χ3n) is 3.95. The highest BCUT2D eigenvalue weighted by molar-refractivity contribution is 7.98. The van der Waals surface area contributed by atoms with Crippen molar-refractivity contribution >= 4 is 22.8 Å². The molecule has 6 heteroatoms.